The first-order valence-electron chi connectivity index (χ1n) is 9.59. The molecule has 31 heavy (non-hydrogen) atoms. The van der Waals surface area contributed by atoms with Crippen molar-refractivity contribution in [3.63, 3.8) is 0 Å². The molecule has 0 aliphatic carbocycles. The molecular weight excluding hydrogens is 402 g/mol. The third-order valence-corrected chi connectivity index (χ3v) is 4.85. The van der Waals surface area contributed by atoms with Gasteiger partial charge in [0, 0.05) is 25.6 Å². The zero-order valence-electron chi connectivity index (χ0n) is 17.9. The van der Waals surface area contributed by atoms with E-state index in [1.54, 1.807) is 38.5 Å². The predicted molar refractivity (Wildman–Crippen MR) is 115 cm³/mol. The molecule has 1 heterocycles. The van der Waals surface area contributed by atoms with E-state index in [1.807, 2.05) is 6.07 Å². The third-order valence-electron chi connectivity index (χ3n) is 4.85. The summed E-state index contributed by atoms with van der Waals surface area (Å²) in [7, 11) is 6.14. The fourth-order valence-corrected chi connectivity index (χ4v) is 3.15. The first-order chi connectivity index (χ1) is 15.0. The van der Waals surface area contributed by atoms with Crippen molar-refractivity contribution in [2.45, 2.75) is 19.5 Å². The highest BCUT2D eigenvalue weighted by atomic mass is 16.5. The zero-order valence-corrected chi connectivity index (χ0v) is 17.9. The van der Waals surface area contributed by atoms with Gasteiger partial charge in [-0.2, -0.15) is 0 Å². The highest BCUT2D eigenvalue weighted by molar-refractivity contribution is 5.81. The minimum absolute atomic E-state index is 0.133. The monoisotopic (exact) mass is 427 g/mol. The summed E-state index contributed by atoms with van der Waals surface area (Å²) in [6, 6.07) is 8.68. The van der Waals surface area contributed by atoms with Crippen molar-refractivity contribution < 1.29 is 23.7 Å². The van der Waals surface area contributed by atoms with Crippen molar-refractivity contribution in [1.29, 1.82) is 0 Å². The van der Waals surface area contributed by atoms with Gasteiger partial charge in [-0.15, -0.1) is 0 Å². The smallest absolute Gasteiger partial charge is 0.261 e. The Labute approximate surface area is 179 Å². The molecule has 0 spiro atoms. The van der Waals surface area contributed by atoms with Crippen LogP contribution in [0.5, 0.6) is 23.0 Å². The molecule has 0 saturated heterocycles. The molecular formula is C22H25N3O6. The van der Waals surface area contributed by atoms with Crippen LogP contribution in [0.15, 0.2) is 41.5 Å². The third kappa shape index (κ3) is 4.88. The van der Waals surface area contributed by atoms with Gasteiger partial charge in [0.1, 0.15) is 0 Å². The van der Waals surface area contributed by atoms with Gasteiger partial charge >= 0.3 is 0 Å². The summed E-state index contributed by atoms with van der Waals surface area (Å²) in [5.74, 6) is 1.97. The van der Waals surface area contributed by atoms with Crippen molar-refractivity contribution in [1.82, 2.24) is 14.9 Å². The number of ether oxygens (including phenoxy) is 4. The number of carbonyl (C=O) groups is 1. The molecule has 9 nitrogen and oxygen atoms in total. The molecule has 0 bridgehead atoms. The van der Waals surface area contributed by atoms with Gasteiger partial charge in [0.15, 0.2) is 23.0 Å². The molecule has 0 unspecified atom stereocenters. The second-order valence-electron chi connectivity index (χ2n) is 6.68. The highest BCUT2D eigenvalue weighted by Crippen LogP contribution is 2.30. The lowest BCUT2D eigenvalue weighted by Crippen LogP contribution is -2.27. The summed E-state index contributed by atoms with van der Waals surface area (Å²) in [4.78, 5) is 29.4. The summed E-state index contributed by atoms with van der Waals surface area (Å²) in [5, 5.41) is 3.23. The number of benzene rings is 2. The summed E-state index contributed by atoms with van der Waals surface area (Å²) < 4.78 is 22.4. The fourth-order valence-electron chi connectivity index (χ4n) is 3.15. The van der Waals surface area contributed by atoms with E-state index in [-0.39, 0.29) is 24.4 Å². The standard InChI is InChI=1S/C22H25N3O6/c1-28-17-6-5-14(9-18(17)29-2)12-23-21(26)7-8-25-13-24-16-11-20(31-4)19(30-3)10-15(16)22(25)27/h5-6,9-11,13H,7-8,12H2,1-4H3,(H,23,26). The second kappa shape index (κ2) is 9.84. The van der Waals surface area contributed by atoms with Gasteiger partial charge in [-0.3, -0.25) is 14.2 Å². The molecule has 1 aromatic heterocycles. The molecule has 0 aliphatic heterocycles. The number of rotatable bonds is 9. The highest BCUT2D eigenvalue weighted by Gasteiger charge is 2.12. The molecule has 0 aliphatic rings. The molecule has 0 saturated carbocycles. The first-order valence-corrected chi connectivity index (χ1v) is 9.59. The van der Waals surface area contributed by atoms with Crippen LogP contribution in [0.25, 0.3) is 10.9 Å². The Morgan fingerprint density at radius 1 is 0.935 bits per heavy atom. The number of nitrogens with one attached hydrogen (secondary N) is 1. The number of fused-ring (bicyclic) bond motifs is 1. The molecule has 9 heteroatoms. The molecule has 164 valence electrons. The van der Waals surface area contributed by atoms with E-state index in [9.17, 15) is 9.59 Å². The summed E-state index contributed by atoms with van der Waals surface area (Å²) in [5.41, 5.74) is 1.12. The molecule has 0 radical (unpaired) electrons. The van der Waals surface area contributed by atoms with Crippen LogP contribution >= 0.6 is 0 Å². The van der Waals surface area contributed by atoms with E-state index in [0.29, 0.717) is 40.4 Å². The van der Waals surface area contributed by atoms with Gasteiger partial charge in [0.2, 0.25) is 5.91 Å². The topological polar surface area (TPSA) is 101 Å². The van der Waals surface area contributed by atoms with Crippen molar-refractivity contribution >= 4 is 16.8 Å². The number of carbonyl (C=O) groups excluding carboxylic acids is 1. The van der Waals surface area contributed by atoms with Crippen LogP contribution in [0, 0.1) is 0 Å². The first kappa shape index (κ1) is 21.9. The van der Waals surface area contributed by atoms with Crippen LogP contribution in [0.3, 0.4) is 0 Å². The Bertz CT molecular complexity index is 1140. The van der Waals surface area contributed by atoms with Crippen LogP contribution < -0.4 is 29.8 Å². The molecule has 1 amide bonds. The lowest BCUT2D eigenvalue weighted by Gasteiger charge is -2.11. The number of hydrogen-bond donors (Lipinski definition) is 1. The van der Waals surface area contributed by atoms with E-state index < -0.39 is 0 Å². The van der Waals surface area contributed by atoms with E-state index >= 15 is 0 Å². The Morgan fingerprint density at radius 3 is 2.26 bits per heavy atom. The van der Waals surface area contributed by atoms with Crippen molar-refractivity contribution in [3.8, 4) is 23.0 Å². The largest absolute Gasteiger partial charge is 0.493 e. The number of methoxy groups -OCH3 is 4. The van der Waals surface area contributed by atoms with E-state index in [2.05, 4.69) is 10.3 Å². The maximum absolute atomic E-state index is 12.8. The molecule has 3 rings (SSSR count). The van der Waals surface area contributed by atoms with Crippen LogP contribution in [0.4, 0.5) is 0 Å². The van der Waals surface area contributed by atoms with Gasteiger partial charge in [-0.25, -0.2) is 4.98 Å². The maximum Gasteiger partial charge on any atom is 0.261 e. The molecule has 2 aromatic carbocycles. The molecule has 3 aromatic rings. The van der Waals surface area contributed by atoms with E-state index in [1.165, 1.54) is 25.1 Å². The van der Waals surface area contributed by atoms with E-state index in [4.69, 9.17) is 18.9 Å². The zero-order chi connectivity index (χ0) is 22.4. The minimum Gasteiger partial charge on any atom is -0.493 e. The Hall–Kier alpha value is -3.75. The maximum atomic E-state index is 12.8. The summed E-state index contributed by atoms with van der Waals surface area (Å²) in [6.07, 6.45) is 1.56. The lowest BCUT2D eigenvalue weighted by atomic mass is 10.2. The SMILES string of the molecule is COc1ccc(CNC(=O)CCn2cnc3cc(OC)c(OC)cc3c2=O)cc1OC. The van der Waals surface area contributed by atoms with Gasteiger partial charge in [-0.05, 0) is 23.8 Å². The number of nitrogens with zero attached hydrogens (tertiary/aromatic N) is 2. The predicted octanol–water partition coefficient (Wildman–Crippen LogP) is 2.14. The molecule has 0 fully saturated rings. The van der Waals surface area contributed by atoms with Crippen LogP contribution in [-0.4, -0.2) is 43.9 Å². The Kier molecular flexibility index (Phi) is 6.96. The van der Waals surface area contributed by atoms with Gasteiger partial charge in [0.05, 0.1) is 45.7 Å². The van der Waals surface area contributed by atoms with Crippen LogP contribution in [0.2, 0.25) is 0 Å². The summed E-state index contributed by atoms with van der Waals surface area (Å²) >= 11 is 0. The van der Waals surface area contributed by atoms with Gasteiger partial charge in [0.25, 0.3) is 5.56 Å². The normalized spacial score (nSPS) is 10.6. The molecule has 1 N–H and O–H groups in total. The van der Waals surface area contributed by atoms with Gasteiger partial charge < -0.3 is 24.3 Å². The number of aryl methyl sites for hydroxylation is 1. The average molecular weight is 427 g/mol. The van der Waals surface area contributed by atoms with E-state index in [0.717, 1.165) is 5.56 Å². The Balaban J connectivity index is 1.66. The average Bonchev–Trinajstić information content (AvgIpc) is 2.81. The lowest BCUT2D eigenvalue weighted by molar-refractivity contribution is -0.121. The quantitative estimate of drug-likeness (QED) is 0.558. The number of hydrogen-bond acceptors (Lipinski definition) is 7. The fraction of sp³-hybridized carbons (Fsp3) is 0.318. The van der Waals surface area contributed by atoms with Crippen molar-refractivity contribution in [2.75, 3.05) is 28.4 Å². The van der Waals surface area contributed by atoms with Crippen molar-refractivity contribution in [3.05, 3.63) is 52.6 Å². The molecule has 0 atom stereocenters. The van der Waals surface area contributed by atoms with Crippen LogP contribution in [-0.2, 0) is 17.9 Å². The van der Waals surface area contributed by atoms with Crippen LogP contribution in [0.1, 0.15) is 12.0 Å². The number of amides is 1. The second-order valence-corrected chi connectivity index (χ2v) is 6.68. The Morgan fingerprint density at radius 2 is 1.58 bits per heavy atom. The number of aromatic nitrogens is 2. The van der Waals surface area contributed by atoms with Gasteiger partial charge in [-0.1, -0.05) is 6.07 Å². The minimum atomic E-state index is -0.251. The summed E-state index contributed by atoms with van der Waals surface area (Å²) in [6.45, 7) is 0.537. The van der Waals surface area contributed by atoms with Crippen molar-refractivity contribution in [2.24, 2.45) is 0 Å².